The summed E-state index contributed by atoms with van der Waals surface area (Å²) in [4.78, 5) is 0. The summed E-state index contributed by atoms with van der Waals surface area (Å²) in [7, 11) is 0. The van der Waals surface area contributed by atoms with Crippen molar-refractivity contribution in [2.24, 2.45) is 11.8 Å². The Kier molecular flexibility index (Phi) is 11.9. The van der Waals surface area contributed by atoms with Gasteiger partial charge in [-0.2, -0.15) is 0 Å². The van der Waals surface area contributed by atoms with E-state index in [4.69, 9.17) is 28.9 Å². The first-order valence-electron chi connectivity index (χ1n) is 11.4. The van der Waals surface area contributed by atoms with E-state index in [2.05, 4.69) is 23.8 Å². The van der Waals surface area contributed by atoms with Gasteiger partial charge in [-0.1, -0.05) is 52.1 Å². The molecule has 4 N–H and O–H groups in total. The quantitative estimate of drug-likeness (QED) is 0.245. The van der Waals surface area contributed by atoms with Crippen LogP contribution < -0.4 is 16.4 Å². The Morgan fingerprint density at radius 3 is 2.09 bits per heavy atom. The molecular weight excluding hydrogens is 475 g/mol. The summed E-state index contributed by atoms with van der Waals surface area (Å²) in [5.74, 6) is -0.751. The van der Waals surface area contributed by atoms with E-state index >= 15 is 0 Å². The highest BCUT2D eigenvalue weighted by Crippen LogP contribution is 2.56. The summed E-state index contributed by atoms with van der Waals surface area (Å²) in [6.45, 7) is 17.0. The maximum Gasteiger partial charge on any atom is 0.169 e. The molecule has 0 amide bonds. The first-order valence-corrected chi connectivity index (χ1v) is 12.2. The van der Waals surface area contributed by atoms with Gasteiger partial charge in [0.05, 0.1) is 11.4 Å². The predicted octanol–water partition coefficient (Wildman–Crippen LogP) is 8.86. The second-order valence-electron chi connectivity index (χ2n) is 8.34. The third-order valence-corrected chi connectivity index (χ3v) is 6.08. The fourth-order valence-corrected chi connectivity index (χ4v) is 3.61. The van der Waals surface area contributed by atoms with E-state index in [-0.39, 0.29) is 23.2 Å². The molecule has 1 aliphatic rings. The second-order valence-corrected chi connectivity index (χ2v) is 9.88. The van der Waals surface area contributed by atoms with Crippen LogP contribution >= 0.6 is 23.2 Å². The van der Waals surface area contributed by atoms with Crippen LogP contribution in [0.15, 0.2) is 67.0 Å². The lowest BCUT2D eigenvalue weighted by Gasteiger charge is -2.18. The maximum absolute atomic E-state index is 14.6. The number of anilines is 3. The third kappa shape index (κ3) is 9.55. The number of hydrogen-bond acceptors (Lipinski definition) is 3. The number of nitrogens with two attached hydrogens (primary N) is 1. The van der Waals surface area contributed by atoms with Crippen molar-refractivity contribution in [3.05, 3.63) is 78.4 Å². The first kappa shape index (κ1) is 29.8. The fraction of sp³-hybridized carbons (Fsp3) is 0.407. The van der Waals surface area contributed by atoms with Gasteiger partial charge in [0.15, 0.2) is 5.82 Å². The zero-order valence-corrected chi connectivity index (χ0v) is 22.2. The molecule has 188 valence electrons. The minimum absolute atomic E-state index is 0.0984. The number of halogens is 4. The molecular formula is C27H37Cl2F2N3. The Labute approximate surface area is 213 Å². The Bertz CT molecular complexity index is 943. The maximum atomic E-state index is 14.6. The zero-order chi connectivity index (χ0) is 26.1. The molecule has 0 aliphatic heterocycles. The van der Waals surface area contributed by atoms with Crippen LogP contribution in [0.5, 0.6) is 0 Å². The molecule has 3 unspecified atom stereocenters. The topological polar surface area (TPSA) is 50.1 Å². The van der Waals surface area contributed by atoms with Crippen molar-refractivity contribution in [2.45, 2.75) is 58.0 Å². The lowest BCUT2D eigenvalue weighted by molar-refractivity contribution is 0.263. The van der Waals surface area contributed by atoms with Gasteiger partial charge >= 0.3 is 0 Å². The van der Waals surface area contributed by atoms with E-state index in [0.29, 0.717) is 24.2 Å². The summed E-state index contributed by atoms with van der Waals surface area (Å²) >= 11 is 12.0. The largest absolute Gasteiger partial charge is 0.399 e. The number of allylic oxidation sites excluding steroid dienone is 2. The van der Waals surface area contributed by atoms with E-state index in [1.54, 1.807) is 25.1 Å². The van der Waals surface area contributed by atoms with E-state index < -0.39 is 16.3 Å². The normalized spacial score (nSPS) is 17.0. The van der Waals surface area contributed by atoms with Crippen LogP contribution in [-0.2, 0) is 0 Å². The van der Waals surface area contributed by atoms with Crippen LogP contribution in [0.1, 0.15) is 46.1 Å². The van der Waals surface area contributed by atoms with Gasteiger partial charge in [-0.25, -0.2) is 8.78 Å². The molecule has 1 aliphatic carbocycles. The lowest BCUT2D eigenvalue weighted by Crippen LogP contribution is -2.13. The number of rotatable bonds is 8. The third-order valence-electron chi connectivity index (χ3n) is 5.25. The monoisotopic (exact) mass is 511 g/mol. The number of aryl methyl sites for hydroxylation is 1. The highest BCUT2D eigenvalue weighted by atomic mass is 35.5. The average Bonchev–Trinajstić information content (AvgIpc) is 3.41. The van der Waals surface area contributed by atoms with Crippen LogP contribution in [-0.4, -0.2) is 10.5 Å². The van der Waals surface area contributed by atoms with Crippen molar-refractivity contribution < 1.29 is 8.78 Å². The lowest BCUT2D eigenvalue weighted by atomic mass is 10.0. The molecule has 3 atom stereocenters. The molecule has 0 aromatic heterocycles. The van der Waals surface area contributed by atoms with E-state index in [9.17, 15) is 8.78 Å². The van der Waals surface area contributed by atoms with Crippen molar-refractivity contribution in [2.75, 3.05) is 16.4 Å². The van der Waals surface area contributed by atoms with Gasteiger partial charge in [0, 0.05) is 23.0 Å². The number of nitrogens with one attached hydrogen (secondary N) is 2. The summed E-state index contributed by atoms with van der Waals surface area (Å²) in [6.07, 6.45) is 0.0666. The molecule has 0 radical (unpaired) electrons. The van der Waals surface area contributed by atoms with Crippen molar-refractivity contribution >= 4 is 40.3 Å². The van der Waals surface area contributed by atoms with E-state index in [0.717, 1.165) is 5.69 Å². The van der Waals surface area contributed by atoms with E-state index in [1.165, 1.54) is 12.5 Å². The van der Waals surface area contributed by atoms with Crippen LogP contribution in [0.4, 0.5) is 25.8 Å². The van der Waals surface area contributed by atoms with Crippen LogP contribution in [0.2, 0.25) is 0 Å². The van der Waals surface area contributed by atoms with Gasteiger partial charge in [-0.05, 0) is 62.4 Å². The van der Waals surface area contributed by atoms with Crippen molar-refractivity contribution in [3.63, 3.8) is 0 Å². The Balaban J connectivity index is 0.000000483. The number of hydrogen-bond donors (Lipinski definition) is 3. The minimum Gasteiger partial charge on any atom is -0.399 e. The molecule has 1 fully saturated rings. The van der Waals surface area contributed by atoms with Crippen molar-refractivity contribution in [3.8, 4) is 0 Å². The molecule has 3 rings (SSSR count). The first-order chi connectivity index (χ1) is 15.9. The standard InChI is InChI=1S/C18H22Cl2F2N2.C7H9N.C2H6/c1-10(12(3)21)8-11(2)23-15-6-5-7-16(17(15)22)24-13(4)14-9-18(14,19)20;1-6-3-2-4-7(8)5-6;1-2/h5-7,10,12,14,23-24H,2,4,8-9H2,1,3H3;2-5H,8H2,1H3;1-2H3. The molecule has 2 aromatic rings. The molecule has 0 spiro atoms. The fourth-order valence-electron chi connectivity index (χ4n) is 3.04. The smallest absolute Gasteiger partial charge is 0.169 e. The second kappa shape index (κ2) is 13.6. The Morgan fingerprint density at radius 1 is 1.12 bits per heavy atom. The van der Waals surface area contributed by atoms with Gasteiger partial charge < -0.3 is 16.4 Å². The molecule has 1 saturated carbocycles. The highest BCUT2D eigenvalue weighted by Gasteiger charge is 2.53. The zero-order valence-electron chi connectivity index (χ0n) is 20.7. The number of nitrogen functional groups attached to an aromatic ring is 1. The molecule has 0 bridgehead atoms. The van der Waals surface area contributed by atoms with Gasteiger partial charge in [-0.3, -0.25) is 0 Å². The summed E-state index contributed by atoms with van der Waals surface area (Å²) in [6, 6.07) is 12.7. The van der Waals surface area contributed by atoms with Gasteiger partial charge in [-0.15, -0.1) is 23.2 Å². The molecule has 0 saturated heterocycles. The molecule has 0 heterocycles. The van der Waals surface area contributed by atoms with Crippen LogP contribution in [0.3, 0.4) is 0 Å². The van der Waals surface area contributed by atoms with Gasteiger partial charge in [0.25, 0.3) is 0 Å². The SMILES string of the molecule is C=C(CC(C)C(C)F)Nc1cccc(NC(=C)C2CC2(Cl)Cl)c1F.CC.Cc1cccc(N)c1. The van der Waals surface area contributed by atoms with Crippen molar-refractivity contribution in [1.29, 1.82) is 0 Å². The van der Waals surface area contributed by atoms with Crippen LogP contribution in [0, 0.1) is 24.6 Å². The summed E-state index contributed by atoms with van der Waals surface area (Å²) in [5, 5.41) is 5.85. The number of alkyl halides is 3. The summed E-state index contributed by atoms with van der Waals surface area (Å²) in [5.41, 5.74) is 9.20. The average molecular weight is 513 g/mol. The van der Waals surface area contributed by atoms with E-state index in [1.807, 2.05) is 45.0 Å². The van der Waals surface area contributed by atoms with Crippen LogP contribution in [0.25, 0.3) is 0 Å². The summed E-state index contributed by atoms with van der Waals surface area (Å²) < 4.78 is 27.0. The van der Waals surface area contributed by atoms with Gasteiger partial charge in [0.1, 0.15) is 10.5 Å². The minimum atomic E-state index is -0.949. The molecule has 7 heteroatoms. The predicted molar refractivity (Wildman–Crippen MR) is 146 cm³/mol. The van der Waals surface area contributed by atoms with Gasteiger partial charge in [0.2, 0.25) is 0 Å². The molecule has 3 nitrogen and oxygen atoms in total. The molecule has 2 aromatic carbocycles. The Morgan fingerprint density at radius 2 is 1.65 bits per heavy atom. The number of benzene rings is 2. The highest BCUT2D eigenvalue weighted by molar-refractivity contribution is 6.51. The molecule has 34 heavy (non-hydrogen) atoms. The van der Waals surface area contributed by atoms with Crippen molar-refractivity contribution in [1.82, 2.24) is 0 Å². The Hall–Kier alpha value is -2.24.